The van der Waals surface area contributed by atoms with E-state index in [0.717, 1.165) is 6.92 Å². The Labute approximate surface area is 181 Å². The van der Waals surface area contributed by atoms with Gasteiger partial charge in [-0.3, -0.25) is 4.79 Å². The van der Waals surface area contributed by atoms with Gasteiger partial charge in [-0.2, -0.15) is 0 Å². The highest BCUT2D eigenvalue weighted by molar-refractivity contribution is 5.76. The summed E-state index contributed by atoms with van der Waals surface area (Å²) < 4.78 is 15.5. The molecule has 0 aliphatic carbocycles. The van der Waals surface area contributed by atoms with Crippen LogP contribution < -0.4 is 5.32 Å². The molecule has 2 fully saturated rings. The number of carbonyl (C=O) groups excluding carboxylic acids is 1. The van der Waals surface area contributed by atoms with Crippen molar-refractivity contribution in [3.63, 3.8) is 0 Å². The van der Waals surface area contributed by atoms with E-state index >= 15 is 0 Å². The van der Waals surface area contributed by atoms with Crippen LogP contribution in [0, 0.1) is 0 Å². The monoisotopic (exact) mass is 471 g/mol. The SMILES string of the molecule is CC(=O)N[C@H]1[C@H]([C@H](O)[C@H](O)CO)O[C@](OC[C@H]2O[C@H](O)[C@H](O)[C@@H](O)[C@@H]2O)(C(=O)O)C[C@@H]1O. The summed E-state index contributed by atoms with van der Waals surface area (Å²) in [6, 6.07) is -1.39. The lowest BCUT2D eigenvalue weighted by molar-refractivity contribution is -0.334. The molecule has 15 heteroatoms. The maximum atomic E-state index is 12.0. The van der Waals surface area contributed by atoms with Gasteiger partial charge in [0.1, 0.15) is 42.7 Å². The number of nitrogens with one attached hydrogen (secondary N) is 1. The van der Waals surface area contributed by atoms with Gasteiger partial charge in [-0.25, -0.2) is 4.79 Å². The van der Waals surface area contributed by atoms with Crippen molar-refractivity contribution in [2.75, 3.05) is 13.2 Å². The molecule has 2 aliphatic rings. The van der Waals surface area contributed by atoms with E-state index in [2.05, 4.69) is 5.32 Å². The van der Waals surface area contributed by atoms with Gasteiger partial charge in [-0.05, 0) is 0 Å². The van der Waals surface area contributed by atoms with Crippen LogP contribution in [0.1, 0.15) is 13.3 Å². The molecule has 0 bridgehead atoms. The van der Waals surface area contributed by atoms with Crippen molar-refractivity contribution in [3.8, 4) is 0 Å². The average molecular weight is 471 g/mol. The molecule has 10 N–H and O–H groups in total. The van der Waals surface area contributed by atoms with Crippen molar-refractivity contribution >= 4 is 11.9 Å². The summed E-state index contributed by atoms with van der Waals surface area (Å²) in [5, 5.41) is 90.6. The van der Waals surface area contributed by atoms with E-state index in [1.807, 2.05) is 0 Å². The smallest absolute Gasteiger partial charge is 0.364 e. The molecule has 0 radical (unpaired) electrons. The highest BCUT2D eigenvalue weighted by atomic mass is 16.7. The van der Waals surface area contributed by atoms with Crippen LogP contribution in [0.4, 0.5) is 0 Å². The minimum Gasteiger partial charge on any atom is -0.477 e. The molecule has 11 atom stereocenters. The van der Waals surface area contributed by atoms with Crippen molar-refractivity contribution in [1.82, 2.24) is 5.32 Å². The predicted octanol–water partition coefficient (Wildman–Crippen LogP) is -6.05. The van der Waals surface area contributed by atoms with E-state index in [-0.39, 0.29) is 0 Å². The van der Waals surface area contributed by atoms with Gasteiger partial charge in [0.25, 0.3) is 5.79 Å². The highest BCUT2D eigenvalue weighted by Crippen LogP contribution is 2.34. The van der Waals surface area contributed by atoms with Crippen LogP contribution in [0.2, 0.25) is 0 Å². The first-order valence-electron chi connectivity index (χ1n) is 9.69. The quantitative estimate of drug-likeness (QED) is 0.158. The molecule has 0 aromatic rings. The van der Waals surface area contributed by atoms with Crippen molar-refractivity contribution in [1.29, 1.82) is 0 Å². The Kier molecular flexibility index (Phi) is 8.88. The number of ether oxygens (including phenoxy) is 3. The zero-order valence-corrected chi connectivity index (χ0v) is 17.0. The van der Waals surface area contributed by atoms with Gasteiger partial charge in [0.15, 0.2) is 6.29 Å². The van der Waals surface area contributed by atoms with Crippen LogP contribution in [0.15, 0.2) is 0 Å². The maximum absolute atomic E-state index is 12.0. The summed E-state index contributed by atoms with van der Waals surface area (Å²) in [7, 11) is 0. The molecular formula is C17H29NO14. The van der Waals surface area contributed by atoms with Crippen molar-refractivity contribution in [3.05, 3.63) is 0 Å². The van der Waals surface area contributed by atoms with Gasteiger partial charge in [0, 0.05) is 13.3 Å². The summed E-state index contributed by atoms with van der Waals surface area (Å²) in [6.07, 6.45) is -16.9. The molecule has 0 unspecified atom stereocenters. The number of aliphatic hydroxyl groups is 8. The number of rotatable bonds is 8. The molecule has 0 aromatic heterocycles. The standard InChI is InChI=1S/C17H29NO14/c1-5(20)18-9-6(21)2-17(16(28)29,32-14(9)10(23)7(22)3-19)30-4-8-11(24)12(25)13(26)15(27)31-8/h6-15,19,21-27H,2-4H2,1H3,(H,18,20)(H,28,29)/t6-,7+,8+,9+,10+,11+,12-,13+,14+,15-,17-/m0/s1. The van der Waals surface area contributed by atoms with Crippen LogP contribution in [0.5, 0.6) is 0 Å². The third-order valence-corrected chi connectivity index (χ3v) is 5.35. The fourth-order valence-electron chi connectivity index (χ4n) is 3.56. The van der Waals surface area contributed by atoms with Gasteiger partial charge in [0.2, 0.25) is 5.91 Å². The van der Waals surface area contributed by atoms with Gasteiger partial charge in [-0.1, -0.05) is 0 Å². The summed E-state index contributed by atoms with van der Waals surface area (Å²) in [6.45, 7) is -0.691. The Bertz CT molecular complexity index is 665. The number of aliphatic carboxylic acids is 1. The molecule has 32 heavy (non-hydrogen) atoms. The maximum Gasteiger partial charge on any atom is 0.364 e. The normalized spacial score (nSPS) is 42.2. The van der Waals surface area contributed by atoms with Crippen molar-refractivity contribution in [2.24, 2.45) is 0 Å². The average Bonchev–Trinajstić information content (AvgIpc) is 2.73. The van der Waals surface area contributed by atoms with Gasteiger partial charge in [-0.15, -0.1) is 0 Å². The van der Waals surface area contributed by atoms with Crippen molar-refractivity contribution in [2.45, 2.75) is 80.3 Å². The van der Waals surface area contributed by atoms with E-state index < -0.39 is 98.5 Å². The zero-order chi connectivity index (χ0) is 24.4. The van der Waals surface area contributed by atoms with E-state index in [9.17, 15) is 50.4 Å². The molecule has 2 heterocycles. The zero-order valence-electron chi connectivity index (χ0n) is 17.0. The Hall–Kier alpha value is -1.50. The fraction of sp³-hybridized carbons (Fsp3) is 0.882. The van der Waals surface area contributed by atoms with Crippen LogP contribution in [0.25, 0.3) is 0 Å². The van der Waals surface area contributed by atoms with Crippen molar-refractivity contribution < 1.29 is 69.8 Å². The van der Waals surface area contributed by atoms with Gasteiger partial charge >= 0.3 is 5.97 Å². The summed E-state index contributed by atoms with van der Waals surface area (Å²) >= 11 is 0. The fourth-order valence-corrected chi connectivity index (χ4v) is 3.56. The second kappa shape index (κ2) is 10.6. The topological polar surface area (TPSA) is 256 Å². The van der Waals surface area contributed by atoms with Crippen LogP contribution in [0.3, 0.4) is 0 Å². The third-order valence-electron chi connectivity index (χ3n) is 5.35. The molecule has 0 aromatic carbocycles. The molecule has 2 saturated heterocycles. The van der Waals surface area contributed by atoms with Gasteiger partial charge in [0.05, 0.1) is 25.4 Å². The lowest BCUT2D eigenvalue weighted by atomic mass is 9.88. The third kappa shape index (κ3) is 5.52. The van der Waals surface area contributed by atoms with E-state index in [0.29, 0.717) is 0 Å². The molecule has 0 spiro atoms. The van der Waals surface area contributed by atoms with Crippen LogP contribution >= 0.6 is 0 Å². The number of hydrogen-bond acceptors (Lipinski definition) is 13. The predicted molar refractivity (Wildman–Crippen MR) is 97.4 cm³/mol. The largest absolute Gasteiger partial charge is 0.477 e. The van der Waals surface area contributed by atoms with Crippen LogP contribution in [-0.2, 0) is 23.8 Å². The minimum absolute atomic E-state index is 0.669. The minimum atomic E-state index is -2.69. The molecule has 15 nitrogen and oxygen atoms in total. The lowest BCUT2D eigenvalue weighted by Gasteiger charge is -2.47. The molecule has 186 valence electrons. The highest BCUT2D eigenvalue weighted by Gasteiger charge is 2.56. The van der Waals surface area contributed by atoms with E-state index in [4.69, 9.17) is 19.3 Å². The van der Waals surface area contributed by atoms with E-state index in [1.54, 1.807) is 0 Å². The number of carbonyl (C=O) groups is 2. The molecule has 2 rings (SSSR count). The molecule has 0 saturated carbocycles. The number of aliphatic hydroxyl groups excluding tert-OH is 8. The van der Waals surface area contributed by atoms with E-state index in [1.165, 1.54) is 0 Å². The number of carboxylic acid groups (broad SMARTS) is 1. The molecule has 2 aliphatic heterocycles. The Balaban J connectivity index is 2.27. The first kappa shape index (κ1) is 26.7. The first-order valence-corrected chi connectivity index (χ1v) is 9.69. The number of hydrogen-bond donors (Lipinski definition) is 10. The second-order valence-electron chi connectivity index (χ2n) is 7.73. The second-order valence-corrected chi connectivity index (χ2v) is 7.73. The number of amides is 1. The summed E-state index contributed by atoms with van der Waals surface area (Å²) in [5.41, 5.74) is 0. The first-order chi connectivity index (χ1) is 14.8. The van der Waals surface area contributed by atoms with Gasteiger partial charge < -0.3 is 65.5 Å². The molecule has 1 amide bonds. The Morgan fingerprint density at radius 3 is 2.28 bits per heavy atom. The van der Waals surface area contributed by atoms with Crippen LogP contribution in [-0.4, -0.2) is 138 Å². The molecular weight excluding hydrogens is 442 g/mol. The summed E-state index contributed by atoms with van der Waals surface area (Å²) in [4.78, 5) is 23.5. The Morgan fingerprint density at radius 1 is 1.12 bits per heavy atom. The number of carboxylic acids is 1. The Morgan fingerprint density at radius 2 is 1.75 bits per heavy atom. The lowest BCUT2D eigenvalue weighted by Crippen LogP contribution is -2.68. The summed E-state index contributed by atoms with van der Waals surface area (Å²) in [5.74, 6) is -5.15.